The van der Waals surface area contributed by atoms with Crippen molar-refractivity contribution in [2.24, 2.45) is 0 Å². The number of nitrogens with zero attached hydrogens (tertiary/aromatic N) is 1. The summed E-state index contributed by atoms with van der Waals surface area (Å²) in [6.45, 7) is 2.55. The van der Waals surface area contributed by atoms with Gasteiger partial charge in [0, 0.05) is 32.2 Å². The zero-order chi connectivity index (χ0) is 22.5. The Morgan fingerprint density at radius 1 is 0.935 bits per heavy atom. The number of amides is 1. The van der Waals surface area contributed by atoms with E-state index < -0.39 is 20.0 Å². The first-order chi connectivity index (χ1) is 14.7. The minimum atomic E-state index is -3.72. The van der Waals surface area contributed by atoms with Gasteiger partial charge < -0.3 is 10.1 Å². The summed E-state index contributed by atoms with van der Waals surface area (Å²) >= 11 is 0. The molecule has 3 rings (SSSR count). The van der Waals surface area contributed by atoms with Gasteiger partial charge in [-0.25, -0.2) is 21.6 Å². The van der Waals surface area contributed by atoms with Crippen molar-refractivity contribution in [1.82, 2.24) is 9.03 Å². The van der Waals surface area contributed by atoms with Crippen LogP contribution in [0.5, 0.6) is 5.75 Å². The first-order valence-electron chi connectivity index (χ1n) is 9.79. The Bertz CT molecular complexity index is 1110. The molecule has 2 N–H and O–H groups in total. The molecule has 0 saturated carbocycles. The minimum Gasteiger partial charge on any atom is -0.492 e. The Balaban J connectivity index is 1.50. The molecule has 1 amide bonds. The number of anilines is 1. The Hall–Kier alpha value is -2.47. The van der Waals surface area contributed by atoms with Gasteiger partial charge in [-0.3, -0.25) is 4.79 Å². The molecule has 1 aliphatic heterocycles. The second kappa shape index (κ2) is 9.77. The van der Waals surface area contributed by atoms with Crippen LogP contribution in [0, 0.1) is 0 Å². The van der Waals surface area contributed by atoms with E-state index in [-0.39, 0.29) is 28.8 Å². The summed E-state index contributed by atoms with van der Waals surface area (Å²) in [7, 11) is -7.20. The third-order valence-corrected chi connectivity index (χ3v) is 8.06. The highest BCUT2D eigenvalue weighted by Crippen LogP contribution is 2.23. The average Bonchev–Trinajstić information content (AvgIpc) is 3.27. The van der Waals surface area contributed by atoms with Gasteiger partial charge in [-0.2, -0.15) is 4.31 Å². The number of carbonyl (C=O) groups excluding carboxylic acids is 1. The van der Waals surface area contributed by atoms with Gasteiger partial charge in [0.05, 0.1) is 9.79 Å². The molecule has 2 aromatic rings. The molecule has 0 aliphatic carbocycles. The SMILES string of the molecule is CC(=O)Nc1ccc(S(=O)(=O)NCCOc2ccc(S(=O)(=O)N3CCCC3)cc2)cc1. The summed E-state index contributed by atoms with van der Waals surface area (Å²) in [4.78, 5) is 11.3. The Morgan fingerprint density at radius 3 is 2.10 bits per heavy atom. The van der Waals surface area contributed by atoms with Gasteiger partial charge in [0.15, 0.2) is 0 Å². The van der Waals surface area contributed by atoms with Crippen molar-refractivity contribution in [3.63, 3.8) is 0 Å². The fourth-order valence-electron chi connectivity index (χ4n) is 3.13. The lowest BCUT2D eigenvalue weighted by atomic mass is 10.3. The Morgan fingerprint density at radius 2 is 1.52 bits per heavy atom. The quantitative estimate of drug-likeness (QED) is 0.542. The normalized spacial score (nSPS) is 15.0. The summed E-state index contributed by atoms with van der Waals surface area (Å²) in [5.41, 5.74) is 0.505. The van der Waals surface area contributed by atoms with E-state index in [1.807, 2.05) is 0 Å². The summed E-state index contributed by atoms with van der Waals surface area (Å²) in [6, 6.07) is 11.9. The van der Waals surface area contributed by atoms with E-state index in [2.05, 4.69) is 10.0 Å². The average molecular weight is 468 g/mol. The molecule has 0 unspecified atom stereocenters. The van der Waals surface area contributed by atoms with E-state index in [1.165, 1.54) is 47.6 Å². The van der Waals surface area contributed by atoms with Crippen LogP contribution >= 0.6 is 0 Å². The van der Waals surface area contributed by atoms with Gasteiger partial charge in [0.1, 0.15) is 12.4 Å². The lowest BCUT2D eigenvalue weighted by Gasteiger charge is -2.15. The van der Waals surface area contributed by atoms with Crippen LogP contribution in [0.25, 0.3) is 0 Å². The van der Waals surface area contributed by atoms with Gasteiger partial charge >= 0.3 is 0 Å². The van der Waals surface area contributed by atoms with E-state index in [1.54, 1.807) is 12.1 Å². The number of nitrogens with one attached hydrogen (secondary N) is 2. The molecule has 1 heterocycles. The smallest absolute Gasteiger partial charge is 0.243 e. The largest absolute Gasteiger partial charge is 0.492 e. The fourth-order valence-corrected chi connectivity index (χ4v) is 5.66. The highest BCUT2D eigenvalue weighted by molar-refractivity contribution is 7.89. The number of ether oxygens (including phenoxy) is 1. The van der Waals surface area contributed by atoms with Crippen LogP contribution in [-0.4, -0.2) is 53.3 Å². The van der Waals surface area contributed by atoms with Crippen LogP contribution < -0.4 is 14.8 Å². The maximum Gasteiger partial charge on any atom is 0.243 e. The van der Waals surface area contributed by atoms with E-state index in [0.29, 0.717) is 24.5 Å². The Labute approximate surface area is 182 Å². The number of hydrogen-bond acceptors (Lipinski definition) is 6. The molecule has 2 aromatic carbocycles. The molecule has 1 fully saturated rings. The third kappa shape index (κ3) is 6.03. The van der Waals surface area contributed by atoms with Crippen molar-refractivity contribution >= 4 is 31.6 Å². The van der Waals surface area contributed by atoms with Crippen LogP contribution in [-0.2, 0) is 24.8 Å². The predicted octanol–water partition coefficient (Wildman–Crippen LogP) is 1.79. The van der Waals surface area contributed by atoms with Gasteiger partial charge in [-0.15, -0.1) is 0 Å². The summed E-state index contributed by atoms with van der Waals surface area (Å²) in [5.74, 6) is 0.201. The summed E-state index contributed by atoms with van der Waals surface area (Å²) in [6.07, 6.45) is 1.74. The molecule has 9 nitrogen and oxygen atoms in total. The van der Waals surface area contributed by atoms with Crippen molar-refractivity contribution in [3.8, 4) is 5.75 Å². The van der Waals surface area contributed by atoms with Crippen LogP contribution in [0.2, 0.25) is 0 Å². The molecule has 168 valence electrons. The van der Waals surface area contributed by atoms with Crippen LogP contribution in [0.15, 0.2) is 58.3 Å². The molecule has 1 saturated heterocycles. The summed E-state index contributed by atoms with van der Waals surface area (Å²) in [5, 5.41) is 2.57. The molecular formula is C20H25N3O6S2. The molecule has 0 radical (unpaired) electrons. The molecule has 1 aliphatic rings. The molecule has 0 bridgehead atoms. The minimum absolute atomic E-state index is 0.0314. The van der Waals surface area contributed by atoms with Crippen LogP contribution in [0.1, 0.15) is 19.8 Å². The van der Waals surface area contributed by atoms with Crippen molar-refractivity contribution in [2.45, 2.75) is 29.6 Å². The topological polar surface area (TPSA) is 122 Å². The molecule has 0 spiro atoms. The summed E-state index contributed by atoms with van der Waals surface area (Å²) < 4.78 is 59.1. The van der Waals surface area contributed by atoms with Gasteiger partial charge in [-0.05, 0) is 61.4 Å². The number of rotatable bonds is 9. The lowest BCUT2D eigenvalue weighted by Crippen LogP contribution is -2.28. The molecular weight excluding hydrogens is 442 g/mol. The van der Waals surface area contributed by atoms with Crippen molar-refractivity contribution in [3.05, 3.63) is 48.5 Å². The zero-order valence-corrected chi connectivity index (χ0v) is 18.7. The maximum atomic E-state index is 12.5. The first-order valence-corrected chi connectivity index (χ1v) is 12.7. The van der Waals surface area contributed by atoms with Crippen molar-refractivity contribution in [1.29, 1.82) is 0 Å². The first kappa shape index (κ1) is 23.2. The highest BCUT2D eigenvalue weighted by Gasteiger charge is 2.26. The standard InChI is InChI=1S/C20H25N3O6S2/c1-16(24)22-17-4-8-19(9-5-17)30(25,26)21-12-15-29-18-6-10-20(11-7-18)31(27,28)23-13-2-3-14-23/h4-11,21H,2-3,12-15H2,1H3,(H,22,24). The molecule has 11 heteroatoms. The number of carbonyl (C=O) groups is 1. The fraction of sp³-hybridized carbons (Fsp3) is 0.350. The van der Waals surface area contributed by atoms with Crippen molar-refractivity contribution < 1.29 is 26.4 Å². The number of hydrogen-bond donors (Lipinski definition) is 2. The zero-order valence-electron chi connectivity index (χ0n) is 17.1. The maximum absolute atomic E-state index is 12.5. The van der Waals surface area contributed by atoms with E-state index in [9.17, 15) is 21.6 Å². The van der Waals surface area contributed by atoms with Crippen molar-refractivity contribution in [2.75, 3.05) is 31.6 Å². The monoisotopic (exact) mass is 467 g/mol. The number of benzene rings is 2. The van der Waals surface area contributed by atoms with E-state index in [4.69, 9.17) is 4.74 Å². The second-order valence-corrected chi connectivity index (χ2v) is 10.7. The molecule has 31 heavy (non-hydrogen) atoms. The Kier molecular flexibility index (Phi) is 7.31. The molecule has 0 atom stereocenters. The van der Waals surface area contributed by atoms with Gasteiger partial charge in [-0.1, -0.05) is 0 Å². The van der Waals surface area contributed by atoms with Gasteiger partial charge in [0.2, 0.25) is 26.0 Å². The van der Waals surface area contributed by atoms with Gasteiger partial charge in [0.25, 0.3) is 0 Å². The lowest BCUT2D eigenvalue weighted by molar-refractivity contribution is -0.114. The van der Waals surface area contributed by atoms with Crippen LogP contribution in [0.3, 0.4) is 0 Å². The third-order valence-electron chi connectivity index (χ3n) is 4.67. The van der Waals surface area contributed by atoms with E-state index in [0.717, 1.165) is 12.8 Å². The molecule has 0 aromatic heterocycles. The number of sulfonamides is 2. The predicted molar refractivity (Wildman–Crippen MR) is 116 cm³/mol. The van der Waals surface area contributed by atoms with E-state index >= 15 is 0 Å². The highest BCUT2D eigenvalue weighted by atomic mass is 32.2. The second-order valence-electron chi connectivity index (χ2n) is 7.03. The van der Waals surface area contributed by atoms with Crippen LogP contribution in [0.4, 0.5) is 5.69 Å².